The fraction of sp³-hybridized carbons (Fsp3) is 0.545. The Hall–Kier alpha value is -1.96. The van der Waals surface area contributed by atoms with Crippen LogP contribution in [0.25, 0.3) is 0 Å². The lowest BCUT2D eigenvalue weighted by Crippen LogP contribution is -2.46. The van der Waals surface area contributed by atoms with Crippen LogP contribution in [0.1, 0.15) is 49.0 Å². The third-order valence-electron chi connectivity index (χ3n) is 5.01. The van der Waals surface area contributed by atoms with Crippen molar-refractivity contribution < 1.29 is 4.74 Å². The molecule has 158 valence electrons. The summed E-state index contributed by atoms with van der Waals surface area (Å²) < 4.78 is 5.55. The van der Waals surface area contributed by atoms with Gasteiger partial charge in [0.1, 0.15) is 5.01 Å². The van der Waals surface area contributed by atoms with Gasteiger partial charge >= 0.3 is 0 Å². The molecule has 2 aromatic rings. The highest BCUT2D eigenvalue weighted by Crippen LogP contribution is 2.21. The van der Waals surface area contributed by atoms with Crippen molar-refractivity contribution in [3.63, 3.8) is 0 Å². The summed E-state index contributed by atoms with van der Waals surface area (Å²) in [4.78, 5) is 11.9. The van der Waals surface area contributed by atoms with Crippen molar-refractivity contribution in [1.29, 1.82) is 0 Å². The maximum atomic E-state index is 5.55. The van der Waals surface area contributed by atoms with Crippen LogP contribution in [0.4, 0.5) is 0 Å². The van der Waals surface area contributed by atoms with E-state index in [4.69, 9.17) is 14.7 Å². The molecule has 0 bridgehead atoms. The number of guanidine groups is 1. The summed E-state index contributed by atoms with van der Waals surface area (Å²) in [7, 11) is 0. The second kappa shape index (κ2) is 11.3. The predicted octanol–water partition coefficient (Wildman–Crippen LogP) is 3.40. The van der Waals surface area contributed by atoms with E-state index in [0.717, 1.165) is 56.1 Å². The number of thiazole rings is 1. The molecule has 0 radical (unpaired) electrons. The molecule has 1 aromatic carbocycles. The van der Waals surface area contributed by atoms with Gasteiger partial charge in [0.25, 0.3) is 0 Å². The number of ether oxygens (including phenoxy) is 1. The van der Waals surface area contributed by atoms with Crippen molar-refractivity contribution in [3.05, 3.63) is 52.0 Å². The molecule has 3 rings (SSSR count). The zero-order valence-corrected chi connectivity index (χ0v) is 18.5. The fourth-order valence-electron chi connectivity index (χ4n) is 3.37. The van der Waals surface area contributed by atoms with Crippen LogP contribution in [0, 0.1) is 0 Å². The molecule has 1 aliphatic rings. The lowest BCUT2D eigenvalue weighted by atomic mass is 10.0. The van der Waals surface area contributed by atoms with E-state index >= 15 is 0 Å². The van der Waals surface area contributed by atoms with Crippen LogP contribution < -0.4 is 10.6 Å². The number of hydrogen-bond acceptors (Lipinski definition) is 5. The SMILES string of the molecule is CCNC(=NCc1nc(C(C)C)cs1)NCC(c1ccccc1)N1CCOCC1. The monoisotopic (exact) mass is 415 g/mol. The highest BCUT2D eigenvalue weighted by atomic mass is 32.1. The second-order valence-electron chi connectivity index (χ2n) is 7.47. The van der Waals surface area contributed by atoms with E-state index in [-0.39, 0.29) is 6.04 Å². The van der Waals surface area contributed by atoms with Gasteiger partial charge in [-0.15, -0.1) is 11.3 Å². The molecule has 1 fully saturated rings. The molecule has 6 nitrogen and oxygen atoms in total. The minimum Gasteiger partial charge on any atom is -0.379 e. The Morgan fingerprint density at radius 1 is 1.21 bits per heavy atom. The van der Waals surface area contributed by atoms with E-state index in [2.05, 4.69) is 72.0 Å². The zero-order chi connectivity index (χ0) is 20.5. The smallest absolute Gasteiger partial charge is 0.191 e. The molecule has 2 N–H and O–H groups in total. The van der Waals surface area contributed by atoms with Crippen molar-refractivity contribution in [2.45, 2.75) is 39.3 Å². The molecule has 0 amide bonds. The number of morpholine rings is 1. The Morgan fingerprint density at radius 3 is 2.62 bits per heavy atom. The second-order valence-corrected chi connectivity index (χ2v) is 8.41. The number of rotatable bonds is 8. The molecular weight excluding hydrogens is 382 g/mol. The Morgan fingerprint density at radius 2 is 1.97 bits per heavy atom. The number of nitrogens with one attached hydrogen (secondary N) is 2. The van der Waals surface area contributed by atoms with E-state index in [0.29, 0.717) is 12.5 Å². The van der Waals surface area contributed by atoms with Gasteiger partial charge in [-0.2, -0.15) is 0 Å². The molecule has 7 heteroatoms. The van der Waals surface area contributed by atoms with Crippen LogP contribution in [0.5, 0.6) is 0 Å². The summed E-state index contributed by atoms with van der Waals surface area (Å²) in [5, 5.41) is 10.1. The van der Waals surface area contributed by atoms with E-state index in [1.807, 2.05) is 0 Å². The highest BCUT2D eigenvalue weighted by Gasteiger charge is 2.22. The molecule has 29 heavy (non-hydrogen) atoms. The third-order valence-corrected chi connectivity index (χ3v) is 5.86. The van der Waals surface area contributed by atoms with Crippen molar-refractivity contribution in [2.75, 3.05) is 39.4 Å². The normalized spacial score (nSPS) is 16.8. The number of benzene rings is 1. The van der Waals surface area contributed by atoms with Crippen LogP contribution in [0.2, 0.25) is 0 Å². The number of aliphatic imine (C=N–C) groups is 1. The maximum Gasteiger partial charge on any atom is 0.191 e. The van der Waals surface area contributed by atoms with Gasteiger partial charge in [-0.3, -0.25) is 4.90 Å². The lowest BCUT2D eigenvalue weighted by Gasteiger charge is -2.35. The molecule has 0 saturated carbocycles. The molecule has 1 aromatic heterocycles. The molecule has 2 heterocycles. The van der Waals surface area contributed by atoms with Crippen molar-refractivity contribution in [2.24, 2.45) is 4.99 Å². The summed E-state index contributed by atoms with van der Waals surface area (Å²) in [5.41, 5.74) is 2.47. The standard InChI is InChI=1S/C22H33N5OS/c1-4-23-22(25-15-21-26-19(16-29-21)17(2)3)24-14-20(18-8-6-5-7-9-18)27-10-12-28-13-11-27/h5-9,16-17,20H,4,10-15H2,1-3H3,(H2,23,24,25). The molecular formula is C22H33N5OS. The summed E-state index contributed by atoms with van der Waals surface area (Å²) in [5.74, 6) is 1.29. The summed E-state index contributed by atoms with van der Waals surface area (Å²) >= 11 is 1.69. The first-order chi connectivity index (χ1) is 14.2. The first-order valence-electron chi connectivity index (χ1n) is 10.5. The first kappa shape index (κ1) is 21.7. The van der Waals surface area contributed by atoms with Crippen LogP contribution in [0.3, 0.4) is 0 Å². The molecule has 0 spiro atoms. The Bertz CT molecular complexity index is 756. The van der Waals surface area contributed by atoms with Gasteiger partial charge in [0.15, 0.2) is 5.96 Å². The molecule has 1 saturated heterocycles. The van der Waals surface area contributed by atoms with Gasteiger partial charge in [-0.1, -0.05) is 44.2 Å². The molecule has 0 aliphatic carbocycles. The molecule has 1 unspecified atom stereocenters. The predicted molar refractivity (Wildman–Crippen MR) is 121 cm³/mol. The van der Waals surface area contributed by atoms with Crippen molar-refractivity contribution in [3.8, 4) is 0 Å². The van der Waals surface area contributed by atoms with Crippen LogP contribution in [-0.4, -0.2) is 55.2 Å². The van der Waals surface area contributed by atoms with Gasteiger partial charge in [0.2, 0.25) is 0 Å². The topological polar surface area (TPSA) is 61.8 Å². The summed E-state index contributed by atoms with van der Waals surface area (Å²) in [6, 6.07) is 11.0. The van der Waals surface area contributed by atoms with Gasteiger partial charge in [0.05, 0.1) is 31.5 Å². The minimum absolute atomic E-state index is 0.288. The van der Waals surface area contributed by atoms with E-state index in [1.54, 1.807) is 11.3 Å². The van der Waals surface area contributed by atoms with E-state index in [9.17, 15) is 0 Å². The quantitative estimate of drug-likeness (QED) is 0.511. The Balaban J connectivity index is 1.66. The molecule has 1 aliphatic heterocycles. The minimum atomic E-state index is 0.288. The van der Waals surface area contributed by atoms with Crippen molar-refractivity contribution in [1.82, 2.24) is 20.5 Å². The molecule has 1 atom stereocenters. The van der Waals surface area contributed by atoms with Gasteiger partial charge < -0.3 is 15.4 Å². The number of hydrogen-bond donors (Lipinski definition) is 2. The van der Waals surface area contributed by atoms with E-state index in [1.165, 1.54) is 5.56 Å². The largest absolute Gasteiger partial charge is 0.379 e. The third kappa shape index (κ3) is 6.52. The highest BCUT2D eigenvalue weighted by molar-refractivity contribution is 7.09. The van der Waals surface area contributed by atoms with Gasteiger partial charge in [-0.25, -0.2) is 9.98 Å². The number of aromatic nitrogens is 1. The van der Waals surface area contributed by atoms with Gasteiger partial charge in [0, 0.05) is 31.6 Å². The van der Waals surface area contributed by atoms with Gasteiger partial charge in [-0.05, 0) is 18.4 Å². The Kier molecular flexibility index (Phi) is 8.46. The Labute approximate surface area is 178 Å². The van der Waals surface area contributed by atoms with Crippen LogP contribution in [-0.2, 0) is 11.3 Å². The van der Waals surface area contributed by atoms with E-state index < -0.39 is 0 Å². The summed E-state index contributed by atoms with van der Waals surface area (Å²) in [6.45, 7) is 12.1. The zero-order valence-electron chi connectivity index (χ0n) is 17.7. The first-order valence-corrected chi connectivity index (χ1v) is 11.4. The average molecular weight is 416 g/mol. The lowest BCUT2D eigenvalue weighted by molar-refractivity contribution is 0.0170. The fourth-order valence-corrected chi connectivity index (χ4v) is 4.25. The average Bonchev–Trinajstić information content (AvgIpc) is 3.23. The summed E-state index contributed by atoms with van der Waals surface area (Å²) in [6.07, 6.45) is 0. The van der Waals surface area contributed by atoms with Crippen LogP contribution >= 0.6 is 11.3 Å². The van der Waals surface area contributed by atoms with Crippen LogP contribution in [0.15, 0.2) is 40.7 Å². The number of nitrogens with zero attached hydrogens (tertiary/aromatic N) is 3. The van der Waals surface area contributed by atoms with Crippen molar-refractivity contribution >= 4 is 17.3 Å². The maximum absolute atomic E-state index is 5.55.